The molecule has 1 heteroatoms. The Labute approximate surface area is 57.7 Å². The van der Waals surface area contributed by atoms with Gasteiger partial charge in [0.2, 0.25) is 0 Å². The van der Waals surface area contributed by atoms with Gasteiger partial charge in [0.15, 0.2) is 0 Å². The molecule has 0 aliphatic carbocycles. The van der Waals surface area contributed by atoms with Crippen LogP contribution in [0, 0.1) is 17.2 Å². The predicted octanol–water partition coefficient (Wildman–Crippen LogP) is 2.73. The minimum absolute atomic E-state index is 0.319. The van der Waals surface area contributed by atoms with Gasteiger partial charge < -0.3 is 0 Å². The number of hydrogen-bond donors (Lipinski definition) is 0. The summed E-state index contributed by atoms with van der Waals surface area (Å²) < 4.78 is 0. The van der Waals surface area contributed by atoms with E-state index in [0.717, 1.165) is 25.7 Å². The average molecular weight is 125 g/mol. The minimum atomic E-state index is 0.319. The van der Waals surface area contributed by atoms with E-state index in [1.54, 1.807) is 0 Å². The van der Waals surface area contributed by atoms with Gasteiger partial charge in [-0.15, -0.1) is 0 Å². The summed E-state index contributed by atoms with van der Waals surface area (Å²) in [6.07, 6.45) is 4.42. The van der Waals surface area contributed by atoms with Crippen molar-refractivity contribution in [2.45, 2.75) is 39.5 Å². The van der Waals surface area contributed by atoms with Crippen molar-refractivity contribution < 1.29 is 0 Å². The molecule has 0 N–H and O–H groups in total. The molecular formula is C8H15N. The fourth-order valence-corrected chi connectivity index (χ4v) is 0.970. The Morgan fingerprint density at radius 3 is 1.89 bits per heavy atom. The van der Waals surface area contributed by atoms with Gasteiger partial charge in [0.05, 0.1) is 6.07 Å². The third-order valence-electron chi connectivity index (χ3n) is 1.46. The molecule has 0 rings (SSSR count). The maximum absolute atomic E-state index is 8.54. The molecule has 0 aliphatic rings. The summed E-state index contributed by atoms with van der Waals surface area (Å²) in [4.78, 5) is 0. The summed E-state index contributed by atoms with van der Waals surface area (Å²) in [7, 11) is 0. The van der Waals surface area contributed by atoms with E-state index < -0.39 is 0 Å². The summed E-state index contributed by atoms with van der Waals surface area (Å²) in [6, 6.07) is 2.30. The zero-order chi connectivity index (χ0) is 7.11. The molecule has 0 aromatic carbocycles. The van der Waals surface area contributed by atoms with Gasteiger partial charge in [-0.3, -0.25) is 0 Å². The van der Waals surface area contributed by atoms with Crippen molar-refractivity contribution in [2.75, 3.05) is 0 Å². The van der Waals surface area contributed by atoms with Crippen LogP contribution in [0.5, 0.6) is 0 Å². The molecule has 0 aliphatic heterocycles. The fourth-order valence-electron chi connectivity index (χ4n) is 0.970. The molecule has 52 valence electrons. The van der Waals surface area contributed by atoms with Gasteiger partial charge in [-0.1, -0.05) is 26.7 Å². The van der Waals surface area contributed by atoms with Crippen LogP contribution in [0.3, 0.4) is 0 Å². The average Bonchev–Trinajstić information content (AvgIpc) is 1.88. The van der Waals surface area contributed by atoms with Crippen molar-refractivity contribution in [3.63, 3.8) is 0 Å². The molecule has 0 amide bonds. The lowest BCUT2D eigenvalue weighted by Gasteiger charge is -2.02. The van der Waals surface area contributed by atoms with Crippen LogP contribution in [-0.4, -0.2) is 0 Å². The van der Waals surface area contributed by atoms with Crippen molar-refractivity contribution in [2.24, 2.45) is 5.92 Å². The third-order valence-corrected chi connectivity index (χ3v) is 1.46. The highest BCUT2D eigenvalue weighted by Gasteiger charge is 2.02. The molecule has 0 spiro atoms. The molecule has 9 heavy (non-hydrogen) atoms. The lowest BCUT2D eigenvalue weighted by molar-refractivity contribution is 0.540. The summed E-state index contributed by atoms with van der Waals surface area (Å²) in [5.41, 5.74) is 0. The SMILES string of the molecule is CCCC(C#N)CCC. The van der Waals surface area contributed by atoms with E-state index in [0.29, 0.717) is 5.92 Å². The van der Waals surface area contributed by atoms with Crippen molar-refractivity contribution >= 4 is 0 Å². The molecule has 0 heterocycles. The topological polar surface area (TPSA) is 23.8 Å². The van der Waals surface area contributed by atoms with Crippen LogP contribution < -0.4 is 0 Å². The predicted molar refractivity (Wildman–Crippen MR) is 38.9 cm³/mol. The third kappa shape index (κ3) is 4.02. The lowest BCUT2D eigenvalue weighted by atomic mass is 10.0. The standard InChI is InChI=1S/C8H15N/c1-3-5-8(7-9)6-4-2/h8H,3-6H2,1-2H3. The van der Waals surface area contributed by atoms with Gasteiger partial charge in [-0.05, 0) is 12.8 Å². The summed E-state index contributed by atoms with van der Waals surface area (Å²) in [6.45, 7) is 4.25. The second-order valence-electron chi connectivity index (χ2n) is 2.40. The molecular weight excluding hydrogens is 110 g/mol. The molecule has 0 bridgehead atoms. The zero-order valence-electron chi connectivity index (χ0n) is 6.35. The zero-order valence-corrected chi connectivity index (χ0v) is 6.35. The second-order valence-corrected chi connectivity index (χ2v) is 2.40. The first-order chi connectivity index (χ1) is 4.35. The Balaban J connectivity index is 3.32. The van der Waals surface area contributed by atoms with Gasteiger partial charge in [-0.25, -0.2) is 0 Å². The Kier molecular flexibility index (Phi) is 5.30. The molecule has 0 unspecified atom stereocenters. The Bertz CT molecular complexity index is 85.2. The van der Waals surface area contributed by atoms with Crippen molar-refractivity contribution in [1.82, 2.24) is 0 Å². The molecule has 0 aromatic heterocycles. The smallest absolute Gasteiger partial charge is 0.0655 e. The molecule has 0 radical (unpaired) electrons. The van der Waals surface area contributed by atoms with Crippen LogP contribution >= 0.6 is 0 Å². The first-order valence-corrected chi connectivity index (χ1v) is 3.74. The number of nitriles is 1. The highest BCUT2D eigenvalue weighted by molar-refractivity contribution is 4.81. The van der Waals surface area contributed by atoms with Crippen molar-refractivity contribution in [3.05, 3.63) is 0 Å². The summed E-state index contributed by atoms with van der Waals surface area (Å²) in [5.74, 6) is 0.319. The minimum Gasteiger partial charge on any atom is -0.198 e. The van der Waals surface area contributed by atoms with Crippen LogP contribution in [0.2, 0.25) is 0 Å². The molecule has 1 nitrogen and oxygen atoms in total. The normalized spacial score (nSPS) is 9.56. The van der Waals surface area contributed by atoms with Gasteiger partial charge in [-0.2, -0.15) is 5.26 Å². The van der Waals surface area contributed by atoms with Crippen LogP contribution in [0.1, 0.15) is 39.5 Å². The largest absolute Gasteiger partial charge is 0.198 e. The van der Waals surface area contributed by atoms with Crippen LogP contribution in [0.15, 0.2) is 0 Å². The highest BCUT2D eigenvalue weighted by atomic mass is 14.3. The first kappa shape index (κ1) is 8.49. The van der Waals surface area contributed by atoms with Crippen LogP contribution in [0.4, 0.5) is 0 Å². The maximum atomic E-state index is 8.54. The summed E-state index contributed by atoms with van der Waals surface area (Å²) >= 11 is 0. The fraction of sp³-hybridized carbons (Fsp3) is 0.875. The van der Waals surface area contributed by atoms with Gasteiger partial charge in [0, 0.05) is 5.92 Å². The quantitative estimate of drug-likeness (QED) is 0.566. The van der Waals surface area contributed by atoms with Gasteiger partial charge >= 0.3 is 0 Å². The van der Waals surface area contributed by atoms with E-state index >= 15 is 0 Å². The van der Waals surface area contributed by atoms with Crippen molar-refractivity contribution in [1.29, 1.82) is 5.26 Å². The Morgan fingerprint density at radius 2 is 1.67 bits per heavy atom. The maximum Gasteiger partial charge on any atom is 0.0655 e. The monoisotopic (exact) mass is 125 g/mol. The number of hydrogen-bond acceptors (Lipinski definition) is 1. The molecule has 0 atom stereocenters. The Hall–Kier alpha value is -0.510. The second kappa shape index (κ2) is 5.62. The summed E-state index contributed by atoms with van der Waals surface area (Å²) in [5, 5.41) is 8.54. The first-order valence-electron chi connectivity index (χ1n) is 3.74. The number of rotatable bonds is 4. The number of nitrogens with zero attached hydrogens (tertiary/aromatic N) is 1. The van der Waals surface area contributed by atoms with Crippen molar-refractivity contribution in [3.8, 4) is 6.07 Å². The molecule has 0 saturated heterocycles. The van der Waals surface area contributed by atoms with Crippen LogP contribution in [-0.2, 0) is 0 Å². The van der Waals surface area contributed by atoms with Gasteiger partial charge in [0.25, 0.3) is 0 Å². The van der Waals surface area contributed by atoms with E-state index in [9.17, 15) is 0 Å². The van der Waals surface area contributed by atoms with E-state index in [4.69, 9.17) is 5.26 Å². The van der Waals surface area contributed by atoms with E-state index in [2.05, 4.69) is 19.9 Å². The lowest BCUT2D eigenvalue weighted by Crippen LogP contribution is -1.94. The highest BCUT2D eigenvalue weighted by Crippen LogP contribution is 2.10. The Morgan fingerprint density at radius 1 is 1.22 bits per heavy atom. The molecule has 0 fully saturated rings. The molecule has 0 aromatic rings. The van der Waals surface area contributed by atoms with E-state index in [1.807, 2.05) is 0 Å². The van der Waals surface area contributed by atoms with Crippen LogP contribution in [0.25, 0.3) is 0 Å². The van der Waals surface area contributed by atoms with Gasteiger partial charge in [0.1, 0.15) is 0 Å². The van der Waals surface area contributed by atoms with E-state index in [1.165, 1.54) is 0 Å². The molecule has 0 saturated carbocycles. The van der Waals surface area contributed by atoms with E-state index in [-0.39, 0.29) is 0 Å².